The molecule has 0 unspecified atom stereocenters. The molecule has 108 valence electrons. The van der Waals surface area contributed by atoms with E-state index in [0.29, 0.717) is 23.8 Å². The predicted molar refractivity (Wildman–Crippen MR) is 87.6 cm³/mol. The van der Waals surface area contributed by atoms with Crippen LogP contribution in [0.4, 0.5) is 10.5 Å². The Morgan fingerprint density at radius 2 is 2.10 bits per heavy atom. The average Bonchev–Trinajstić information content (AvgIpc) is 2.93. The summed E-state index contributed by atoms with van der Waals surface area (Å²) in [6.45, 7) is 0.775. The number of para-hydroxylation sites is 1. The van der Waals surface area contributed by atoms with Gasteiger partial charge in [0.2, 0.25) is 0 Å². The van der Waals surface area contributed by atoms with E-state index in [0.717, 1.165) is 9.75 Å². The monoisotopic (exact) mass is 319 g/mol. The molecule has 0 spiro atoms. The highest BCUT2D eigenvalue weighted by Gasteiger charge is 2.05. The Morgan fingerprint density at radius 1 is 1.29 bits per heavy atom. The van der Waals surface area contributed by atoms with Crippen LogP contribution in [0.3, 0.4) is 0 Å². The molecule has 4 N–H and O–H groups in total. The van der Waals surface area contributed by atoms with E-state index in [4.69, 9.17) is 17.3 Å². The van der Waals surface area contributed by atoms with Crippen molar-refractivity contribution in [1.29, 1.82) is 0 Å². The van der Waals surface area contributed by atoms with Crippen molar-refractivity contribution in [3.05, 3.63) is 51.2 Å². The second-order valence-electron chi connectivity index (χ2n) is 4.06. The van der Waals surface area contributed by atoms with Crippen molar-refractivity contribution in [2.75, 3.05) is 11.9 Å². The van der Waals surface area contributed by atoms with Crippen LogP contribution in [0.25, 0.3) is 0 Å². The Kier molecular flexibility index (Phi) is 5.64. The molecule has 2 aromatic rings. The number of benzene rings is 1. The molecule has 4 nitrogen and oxygen atoms in total. The van der Waals surface area contributed by atoms with Crippen molar-refractivity contribution < 1.29 is 4.79 Å². The quantitative estimate of drug-likeness (QED) is 0.761. The maximum Gasteiger partial charge on any atom is 0.319 e. The molecule has 1 aromatic heterocycles. The van der Waals surface area contributed by atoms with Gasteiger partial charge in [0.15, 0.2) is 0 Å². The van der Waals surface area contributed by atoms with E-state index in [1.807, 2.05) is 18.2 Å². The smallest absolute Gasteiger partial charge is 0.319 e. The molecule has 0 atom stereocenters. The molecule has 0 bridgehead atoms. The van der Waals surface area contributed by atoms with Crippen LogP contribution in [-0.2, 0) is 6.54 Å². The highest BCUT2D eigenvalue weighted by Crippen LogP contribution is 2.20. The van der Waals surface area contributed by atoms with E-state index in [1.165, 1.54) is 11.3 Å². The van der Waals surface area contributed by atoms with E-state index in [9.17, 15) is 4.79 Å². The van der Waals surface area contributed by atoms with E-state index in [-0.39, 0.29) is 6.03 Å². The molecule has 0 fully saturated rings. The van der Waals surface area contributed by atoms with E-state index >= 15 is 0 Å². The Balaban J connectivity index is 1.87. The Morgan fingerprint density at radius 3 is 2.86 bits per heavy atom. The number of amides is 2. The van der Waals surface area contributed by atoms with Gasteiger partial charge in [-0.25, -0.2) is 4.79 Å². The van der Waals surface area contributed by atoms with Crippen molar-refractivity contribution >= 4 is 34.7 Å². The van der Waals surface area contributed by atoms with Crippen LogP contribution in [0.1, 0.15) is 9.75 Å². The van der Waals surface area contributed by atoms with Crippen LogP contribution in [0.5, 0.6) is 0 Å². The van der Waals surface area contributed by atoms with Crippen LogP contribution >= 0.6 is 22.9 Å². The molecule has 0 aliphatic heterocycles. The number of nitrogens with two attached hydrogens (primary N) is 1. The molecular weight excluding hydrogens is 306 g/mol. The summed E-state index contributed by atoms with van der Waals surface area (Å²) in [6, 6.07) is 10.6. The van der Waals surface area contributed by atoms with Crippen LogP contribution in [0.2, 0.25) is 5.02 Å². The highest BCUT2D eigenvalue weighted by molar-refractivity contribution is 7.12. The number of urea groups is 1. The minimum atomic E-state index is -0.300. The van der Waals surface area contributed by atoms with Crippen molar-refractivity contribution in [1.82, 2.24) is 5.32 Å². The van der Waals surface area contributed by atoms with Crippen molar-refractivity contribution in [3.63, 3.8) is 0 Å². The van der Waals surface area contributed by atoms with E-state index < -0.39 is 0 Å². The lowest BCUT2D eigenvalue weighted by molar-refractivity contribution is 0.252. The van der Waals surface area contributed by atoms with Gasteiger partial charge in [0.1, 0.15) is 0 Å². The van der Waals surface area contributed by atoms with Gasteiger partial charge in [-0.2, -0.15) is 0 Å². The highest BCUT2D eigenvalue weighted by atomic mass is 35.5. The number of halogens is 1. The Labute approximate surface area is 132 Å². The van der Waals surface area contributed by atoms with Crippen LogP contribution in [-0.4, -0.2) is 12.6 Å². The second-order valence-corrected chi connectivity index (χ2v) is 5.63. The minimum Gasteiger partial charge on any atom is -0.333 e. The predicted octanol–water partition coefficient (Wildman–Crippen LogP) is 3.03. The molecule has 0 saturated carbocycles. The second kappa shape index (κ2) is 7.70. The summed E-state index contributed by atoms with van der Waals surface area (Å²) in [6.07, 6.45) is 0. The molecule has 2 amide bonds. The summed E-state index contributed by atoms with van der Waals surface area (Å²) in [7, 11) is 0. The Hall–Kier alpha value is -2.00. The third-order valence-electron chi connectivity index (χ3n) is 2.52. The molecule has 6 heteroatoms. The zero-order valence-electron chi connectivity index (χ0n) is 11.2. The fourth-order valence-electron chi connectivity index (χ4n) is 1.57. The standard InChI is InChI=1S/C15H14ClN3OS/c16-13-5-1-2-6-14(13)19-15(20)18-10-12-8-7-11(21-12)4-3-9-17/h1-2,5-8H,9-10,17H2,(H2,18,19,20). The number of hydrogen-bond acceptors (Lipinski definition) is 3. The molecule has 1 heterocycles. The first-order valence-electron chi connectivity index (χ1n) is 6.26. The number of nitrogens with one attached hydrogen (secondary N) is 2. The minimum absolute atomic E-state index is 0.300. The number of hydrogen-bond donors (Lipinski definition) is 3. The maximum absolute atomic E-state index is 11.8. The van der Waals surface area contributed by atoms with Crippen LogP contribution in [0.15, 0.2) is 36.4 Å². The molecule has 21 heavy (non-hydrogen) atoms. The summed E-state index contributed by atoms with van der Waals surface area (Å²) >= 11 is 7.50. The molecule has 0 radical (unpaired) electrons. The van der Waals surface area contributed by atoms with E-state index in [2.05, 4.69) is 22.5 Å². The van der Waals surface area contributed by atoms with E-state index in [1.54, 1.807) is 18.2 Å². The van der Waals surface area contributed by atoms with Gasteiger partial charge in [0.25, 0.3) is 0 Å². The van der Waals surface area contributed by atoms with Gasteiger partial charge in [0, 0.05) is 4.88 Å². The zero-order valence-corrected chi connectivity index (χ0v) is 12.7. The SMILES string of the molecule is NCC#Cc1ccc(CNC(=O)Nc2ccccc2Cl)s1. The Bertz CT molecular complexity index is 687. The van der Waals surface area contributed by atoms with Crippen LogP contribution in [0, 0.1) is 11.8 Å². The topological polar surface area (TPSA) is 67.1 Å². The van der Waals surface area contributed by atoms with Gasteiger partial charge in [0.05, 0.1) is 28.7 Å². The zero-order chi connectivity index (χ0) is 15.1. The van der Waals surface area contributed by atoms with Crippen molar-refractivity contribution in [2.24, 2.45) is 5.73 Å². The molecule has 0 aliphatic rings. The molecular formula is C15H14ClN3OS. The van der Waals surface area contributed by atoms with Gasteiger partial charge in [-0.3, -0.25) is 0 Å². The number of carbonyl (C=O) groups excluding carboxylic acids is 1. The fraction of sp³-hybridized carbons (Fsp3) is 0.133. The molecule has 2 rings (SSSR count). The summed E-state index contributed by atoms with van der Waals surface area (Å²) in [5, 5.41) is 5.98. The first kappa shape index (κ1) is 15.4. The summed E-state index contributed by atoms with van der Waals surface area (Å²) < 4.78 is 0. The third-order valence-corrected chi connectivity index (χ3v) is 3.85. The summed E-state index contributed by atoms with van der Waals surface area (Å²) in [5.74, 6) is 5.75. The van der Waals surface area contributed by atoms with Gasteiger partial charge >= 0.3 is 6.03 Å². The van der Waals surface area contributed by atoms with Gasteiger partial charge in [-0.1, -0.05) is 35.6 Å². The summed E-state index contributed by atoms with van der Waals surface area (Å²) in [4.78, 5) is 13.7. The number of anilines is 1. The fourth-order valence-corrected chi connectivity index (χ4v) is 2.58. The van der Waals surface area contributed by atoms with Gasteiger partial charge in [-0.05, 0) is 24.3 Å². The first-order chi connectivity index (χ1) is 10.2. The lowest BCUT2D eigenvalue weighted by Crippen LogP contribution is -2.27. The largest absolute Gasteiger partial charge is 0.333 e. The lowest BCUT2D eigenvalue weighted by atomic mass is 10.3. The maximum atomic E-state index is 11.8. The van der Waals surface area contributed by atoms with Gasteiger partial charge < -0.3 is 16.4 Å². The van der Waals surface area contributed by atoms with Crippen LogP contribution < -0.4 is 16.4 Å². The molecule has 1 aromatic carbocycles. The normalized spacial score (nSPS) is 9.62. The summed E-state index contributed by atoms with van der Waals surface area (Å²) in [5.41, 5.74) is 5.90. The molecule has 0 aliphatic carbocycles. The number of rotatable bonds is 3. The molecule has 0 saturated heterocycles. The number of carbonyl (C=O) groups is 1. The first-order valence-corrected chi connectivity index (χ1v) is 7.45. The van der Waals surface area contributed by atoms with Crippen molar-refractivity contribution in [2.45, 2.75) is 6.54 Å². The average molecular weight is 320 g/mol. The lowest BCUT2D eigenvalue weighted by Gasteiger charge is -2.07. The third kappa shape index (κ3) is 4.80. The number of thiophene rings is 1. The van der Waals surface area contributed by atoms with Gasteiger partial charge in [-0.15, -0.1) is 11.3 Å². The van der Waals surface area contributed by atoms with Crippen molar-refractivity contribution in [3.8, 4) is 11.8 Å².